The molecular weight excluding hydrogens is 578 g/mol. The lowest BCUT2D eigenvalue weighted by Crippen LogP contribution is -2.35. The molecule has 2 fully saturated rings. The Morgan fingerprint density at radius 3 is 2.37 bits per heavy atom. The number of aliphatic hydroxyl groups excluding tert-OH is 1. The molecule has 8 heteroatoms. The molecule has 0 unspecified atom stereocenters. The SMILES string of the molecule is O=C1[C@@H]2[C@@H](CC(CO)=C3[C@@H](CC/C(=C/c4ccccc4O)c4ccccn4)OC[C@@H]32)C(=O)N1c1ccc(Nc2ccccc2)cc1. The van der Waals surface area contributed by atoms with Crippen molar-refractivity contribution in [3.63, 3.8) is 0 Å². The lowest BCUT2D eigenvalue weighted by molar-refractivity contribution is -0.122. The second-order valence-corrected chi connectivity index (χ2v) is 12.0. The number of nitrogens with zero attached hydrogens (tertiary/aromatic N) is 2. The number of rotatable bonds is 9. The van der Waals surface area contributed by atoms with Crippen LogP contribution in [-0.2, 0) is 14.3 Å². The first-order valence-corrected chi connectivity index (χ1v) is 15.7. The van der Waals surface area contributed by atoms with E-state index in [0.717, 1.165) is 33.8 Å². The minimum atomic E-state index is -0.531. The van der Waals surface area contributed by atoms with E-state index in [4.69, 9.17) is 4.74 Å². The van der Waals surface area contributed by atoms with Gasteiger partial charge in [0.15, 0.2) is 0 Å². The fraction of sp³-hybridized carbons (Fsp3) is 0.237. The molecule has 3 N–H and O–H groups in total. The van der Waals surface area contributed by atoms with E-state index in [-0.39, 0.29) is 36.2 Å². The third-order valence-corrected chi connectivity index (χ3v) is 9.32. The van der Waals surface area contributed by atoms with E-state index in [1.807, 2.05) is 78.9 Å². The number of carbonyl (C=O) groups excluding carboxylic acids is 2. The molecule has 1 aliphatic carbocycles. The maximum atomic E-state index is 14.0. The van der Waals surface area contributed by atoms with E-state index >= 15 is 0 Å². The third kappa shape index (κ3) is 5.62. The monoisotopic (exact) mass is 613 g/mol. The van der Waals surface area contributed by atoms with Gasteiger partial charge in [-0.2, -0.15) is 0 Å². The van der Waals surface area contributed by atoms with Crippen LogP contribution in [-0.4, -0.2) is 46.3 Å². The Bertz CT molecular complexity index is 1800. The normalized spacial score (nSPS) is 22.6. The molecule has 2 amide bonds. The standard InChI is InChI=1S/C38H35N3O5/c42-22-26-21-30-36(38(45)41(37(30)44)29-16-14-28(15-17-29)40-27-9-2-1-3-10-27)31-23-46-34(35(26)31)18-13-24(32-11-6-7-19-39-32)20-25-8-4-5-12-33(25)43/h1-12,14-17,19-20,30-31,34,36,40,42-43H,13,18,21-23H2/b24-20-/t30-,31+,34-,36-/m1/s1. The molecule has 4 aromatic rings. The molecule has 46 heavy (non-hydrogen) atoms. The molecule has 7 rings (SSSR count). The molecule has 2 aliphatic heterocycles. The average Bonchev–Trinajstić information content (AvgIpc) is 3.62. The lowest BCUT2D eigenvalue weighted by Gasteiger charge is -2.31. The molecular formula is C38H35N3O5. The van der Waals surface area contributed by atoms with Gasteiger partial charge in [0, 0.05) is 29.1 Å². The van der Waals surface area contributed by atoms with E-state index in [1.165, 1.54) is 4.90 Å². The number of nitrogens with one attached hydrogen (secondary N) is 1. The van der Waals surface area contributed by atoms with Crippen LogP contribution in [0, 0.1) is 17.8 Å². The van der Waals surface area contributed by atoms with E-state index in [9.17, 15) is 19.8 Å². The summed E-state index contributed by atoms with van der Waals surface area (Å²) in [6.45, 7) is 0.136. The first kappa shape index (κ1) is 29.6. The van der Waals surface area contributed by atoms with E-state index in [2.05, 4.69) is 10.3 Å². The van der Waals surface area contributed by atoms with Crippen LogP contribution in [0.5, 0.6) is 5.75 Å². The summed E-state index contributed by atoms with van der Waals surface area (Å²) < 4.78 is 6.34. The Kier molecular flexibility index (Phi) is 8.22. The van der Waals surface area contributed by atoms with E-state index < -0.39 is 11.8 Å². The Balaban J connectivity index is 1.11. The summed E-state index contributed by atoms with van der Waals surface area (Å²) in [6.07, 6.45) is 4.92. The number of imide groups is 1. The van der Waals surface area contributed by atoms with E-state index in [1.54, 1.807) is 30.5 Å². The highest BCUT2D eigenvalue weighted by molar-refractivity contribution is 6.22. The van der Waals surface area contributed by atoms with Gasteiger partial charge in [-0.15, -0.1) is 0 Å². The molecule has 3 heterocycles. The number of pyridine rings is 1. The number of phenolic OH excluding ortho intramolecular Hbond substituents is 1. The second kappa shape index (κ2) is 12.7. The molecule has 0 radical (unpaired) electrons. The number of para-hydroxylation sites is 2. The number of hydrogen-bond donors (Lipinski definition) is 3. The highest BCUT2D eigenvalue weighted by Crippen LogP contribution is 2.50. The first-order valence-electron chi connectivity index (χ1n) is 15.7. The van der Waals surface area contributed by atoms with E-state index in [0.29, 0.717) is 37.1 Å². The van der Waals surface area contributed by atoms with Gasteiger partial charge in [-0.05, 0) is 96.7 Å². The van der Waals surface area contributed by atoms with Crippen LogP contribution in [0.3, 0.4) is 0 Å². The summed E-state index contributed by atoms with van der Waals surface area (Å²) in [4.78, 5) is 33.6. The minimum Gasteiger partial charge on any atom is -0.507 e. The number of aliphatic hydroxyl groups is 1. The summed E-state index contributed by atoms with van der Waals surface area (Å²) in [5.41, 5.74) is 6.53. The number of amides is 2. The maximum Gasteiger partial charge on any atom is 0.238 e. The number of allylic oxidation sites excluding steroid dienone is 1. The van der Waals surface area contributed by atoms with Crippen molar-refractivity contribution < 1.29 is 24.5 Å². The Morgan fingerprint density at radius 2 is 1.63 bits per heavy atom. The van der Waals surface area contributed by atoms with Crippen LogP contribution in [0.4, 0.5) is 17.1 Å². The average molecular weight is 614 g/mol. The Labute approximate surface area is 267 Å². The zero-order valence-corrected chi connectivity index (χ0v) is 25.3. The van der Waals surface area contributed by atoms with Crippen molar-refractivity contribution in [2.45, 2.75) is 25.4 Å². The smallest absolute Gasteiger partial charge is 0.238 e. The number of hydrogen-bond acceptors (Lipinski definition) is 7. The molecule has 2 saturated heterocycles. The summed E-state index contributed by atoms with van der Waals surface area (Å²) in [7, 11) is 0. The van der Waals surface area contributed by atoms with Gasteiger partial charge in [-0.3, -0.25) is 19.5 Å². The zero-order valence-electron chi connectivity index (χ0n) is 25.3. The number of anilines is 3. The van der Waals surface area contributed by atoms with Gasteiger partial charge in [0.2, 0.25) is 11.8 Å². The van der Waals surface area contributed by atoms with Gasteiger partial charge in [-0.25, -0.2) is 0 Å². The van der Waals surface area contributed by atoms with Crippen molar-refractivity contribution in [1.82, 2.24) is 4.98 Å². The number of benzene rings is 3. The van der Waals surface area contributed by atoms with Gasteiger partial charge in [0.05, 0.1) is 42.5 Å². The van der Waals surface area contributed by atoms with Crippen LogP contribution in [0.15, 0.2) is 114 Å². The number of fused-ring (bicyclic) bond motifs is 3. The summed E-state index contributed by atoms with van der Waals surface area (Å²) >= 11 is 0. The highest BCUT2D eigenvalue weighted by atomic mass is 16.5. The van der Waals surface area contributed by atoms with Gasteiger partial charge >= 0.3 is 0 Å². The van der Waals surface area contributed by atoms with Gasteiger partial charge in [0.25, 0.3) is 0 Å². The number of carbonyl (C=O) groups is 2. The second-order valence-electron chi connectivity index (χ2n) is 12.0. The van der Waals surface area contributed by atoms with Crippen molar-refractivity contribution in [1.29, 1.82) is 0 Å². The minimum absolute atomic E-state index is 0.183. The fourth-order valence-corrected chi connectivity index (χ4v) is 7.17. The maximum absolute atomic E-state index is 14.0. The Morgan fingerprint density at radius 1 is 0.891 bits per heavy atom. The molecule has 0 saturated carbocycles. The van der Waals surface area contributed by atoms with Crippen LogP contribution >= 0.6 is 0 Å². The van der Waals surface area contributed by atoms with Crippen molar-refractivity contribution in [2.24, 2.45) is 17.8 Å². The third-order valence-electron chi connectivity index (χ3n) is 9.32. The molecule has 3 aromatic carbocycles. The number of phenols is 1. The van der Waals surface area contributed by atoms with Crippen molar-refractivity contribution in [3.8, 4) is 5.75 Å². The van der Waals surface area contributed by atoms with Gasteiger partial charge < -0.3 is 20.3 Å². The molecule has 0 spiro atoms. The molecule has 4 atom stereocenters. The lowest BCUT2D eigenvalue weighted by atomic mass is 9.69. The zero-order chi connectivity index (χ0) is 31.6. The van der Waals surface area contributed by atoms with Crippen molar-refractivity contribution >= 4 is 40.5 Å². The van der Waals surface area contributed by atoms with Gasteiger partial charge in [0.1, 0.15) is 5.75 Å². The topological polar surface area (TPSA) is 112 Å². The molecule has 1 aromatic heterocycles. The molecule has 8 nitrogen and oxygen atoms in total. The summed E-state index contributed by atoms with van der Waals surface area (Å²) in [5.74, 6) is -1.58. The first-order chi connectivity index (χ1) is 22.5. The van der Waals surface area contributed by atoms with Gasteiger partial charge in [-0.1, -0.05) is 42.5 Å². The van der Waals surface area contributed by atoms with Crippen LogP contribution in [0.1, 0.15) is 30.5 Å². The number of aromatic hydroxyl groups is 1. The largest absolute Gasteiger partial charge is 0.507 e. The predicted molar refractivity (Wildman–Crippen MR) is 177 cm³/mol. The Hall–Kier alpha value is -5.05. The van der Waals surface area contributed by atoms with Crippen LogP contribution < -0.4 is 10.2 Å². The van der Waals surface area contributed by atoms with Crippen molar-refractivity contribution in [2.75, 3.05) is 23.4 Å². The van der Waals surface area contributed by atoms with Crippen LogP contribution in [0.2, 0.25) is 0 Å². The quantitative estimate of drug-likeness (QED) is 0.149. The highest BCUT2D eigenvalue weighted by Gasteiger charge is 2.57. The summed E-state index contributed by atoms with van der Waals surface area (Å²) in [6, 6.07) is 30.0. The predicted octanol–water partition coefficient (Wildman–Crippen LogP) is 6.37. The number of ether oxygens (including phenoxy) is 1. The molecule has 3 aliphatic rings. The fourth-order valence-electron chi connectivity index (χ4n) is 7.17. The summed E-state index contributed by atoms with van der Waals surface area (Å²) in [5, 5.41) is 24.2. The molecule has 232 valence electrons. The molecule has 0 bridgehead atoms. The van der Waals surface area contributed by atoms with Crippen LogP contribution in [0.25, 0.3) is 11.6 Å². The number of aromatic nitrogens is 1. The van der Waals surface area contributed by atoms with Crippen molar-refractivity contribution in [3.05, 3.63) is 126 Å².